The molecule has 16 heavy (non-hydrogen) atoms. The summed E-state index contributed by atoms with van der Waals surface area (Å²) in [4.78, 5) is 13.6. The average molecular weight is 227 g/mol. The number of hydrogen-bond donors (Lipinski definition) is 1. The number of aliphatic hydroxyl groups is 1. The third-order valence-electron chi connectivity index (χ3n) is 3.79. The van der Waals surface area contributed by atoms with Gasteiger partial charge in [0.2, 0.25) is 0 Å². The largest absolute Gasteiger partial charge is 0.381 e. The highest BCUT2D eigenvalue weighted by Gasteiger charge is 2.32. The normalized spacial score (nSPS) is 26.6. The Kier molecular flexibility index (Phi) is 4.36. The molecule has 0 bridgehead atoms. The number of likely N-dealkylation sites (N-methyl/N-ethyl adjacent to an activating group) is 1. The fourth-order valence-electron chi connectivity index (χ4n) is 2.54. The zero-order valence-electron chi connectivity index (χ0n) is 11.0. The molecule has 0 heterocycles. The van der Waals surface area contributed by atoms with Crippen molar-refractivity contribution in [3.63, 3.8) is 0 Å². The van der Waals surface area contributed by atoms with Gasteiger partial charge >= 0.3 is 0 Å². The molecule has 1 aliphatic rings. The molecule has 0 aromatic heterocycles. The minimum atomic E-state index is -1.24. The summed E-state index contributed by atoms with van der Waals surface area (Å²) in [6, 6.07) is 0.321. The average Bonchev–Trinajstić information content (AvgIpc) is 2.26. The smallest absolute Gasteiger partial charge is 0.253 e. The molecular weight excluding hydrogens is 202 g/mol. The summed E-state index contributed by atoms with van der Waals surface area (Å²) in [5, 5.41) is 9.69. The Hall–Kier alpha value is -0.570. The Labute approximate surface area is 98.8 Å². The third-order valence-corrected chi connectivity index (χ3v) is 3.79. The van der Waals surface area contributed by atoms with E-state index in [1.807, 2.05) is 7.05 Å². The zero-order chi connectivity index (χ0) is 12.3. The minimum absolute atomic E-state index is 0.160. The first-order valence-electron chi connectivity index (χ1n) is 6.36. The molecule has 0 aromatic carbocycles. The molecular formula is C13H25NO2. The highest BCUT2D eigenvalue weighted by atomic mass is 16.3. The minimum Gasteiger partial charge on any atom is -0.381 e. The van der Waals surface area contributed by atoms with E-state index >= 15 is 0 Å². The zero-order valence-corrected chi connectivity index (χ0v) is 11.0. The number of nitrogens with zero attached hydrogens (tertiary/aromatic N) is 1. The lowest BCUT2D eigenvalue weighted by Gasteiger charge is -2.36. The monoisotopic (exact) mass is 227 g/mol. The third kappa shape index (κ3) is 3.21. The maximum Gasteiger partial charge on any atom is 0.253 e. The van der Waals surface area contributed by atoms with Crippen molar-refractivity contribution in [1.82, 2.24) is 4.90 Å². The Balaban J connectivity index is 2.50. The maximum absolute atomic E-state index is 11.9. The summed E-state index contributed by atoms with van der Waals surface area (Å²) in [6.45, 7) is 5.35. The van der Waals surface area contributed by atoms with Crippen LogP contribution in [-0.2, 0) is 4.79 Å². The van der Waals surface area contributed by atoms with Crippen molar-refractivity contribution in [3.8, 4) is 0 Å². The molecule has 0 spiro atoms. The maximum atomic E-state index is 11.9. The van der Waals surface area contributed by atoms with Crippen LogP contribution in [0.1, 0.15) is 52.9 Å². The van der Waals surface area contributed by atoms with E-state index in [0.717, 1.165) is 18.8 Å². The Morgan fingerprint density at radius 2 is 1.81 bits per heavy atom. The predicted octanol–water partition coefficient (Wildman–Crippen LogP) is 2.18. The molecule has 3 nitrogen and oxygen atoms in total. The van der Waals surface area contributed by atoms with Crippen molar-refractivity contribution >= 4 is 5.91 Å². The Morgan fingerprint density at radius 3 is 2.19 bits per heavy atom. The van der Waals surface area contributed by atoms with Crippen molar-refractivity contribution in [2.24, 2.45) is 5.92 Å². The molecule has 0 unspecified atom stereocenters. The molecule has 1 rings (SSSR count). The van der Waals surface area contributed by atoms with Crippen molar-refractivity contribution in [3.05, 3.63) is 0 Å². The van der Waals surface area contributed by atoms with E-state index in [1.54, 1.807) is 18.7 Å². The molecule has 1 saturated carbocycles. The second-order valence-corrected chi connectivity index (χ2v) is 5.56. The second-order valence-electron chi connectivity index (χ2n) is 5.56. The van der Waals surface area contributed by atoms with Crippen LogP contribution in [0.3, 0.4) is 0 Å². The van der Waals surface area contributed by atoms with Crippen LogP contribution in [0, 0.1) is 5.92 Å². The number of carbonyl (C=O) groups excluding carboxylic acids is 1. The van der Waals surface area contributed by atoms with Crippen molar-refractivity contribution in [2.75, 3.05) is 7.05 Å². The van der Waals surface area contributed by atoms with Crippen molar-refractivity contribution < 1.29 is 9.90 Å². The molecule has 0 radical (unpaired) electrons. The van der Waals surface area contributed by atoms with Gasteiger partial charge in [-0.05, 0) is 45.4 Å². The molecule has 3 heteroatoms. The number of rotatable bonds is 3. The van der Waals surface area contributed by atoms with Gasteiger partial charge in [-0.25, -0.2) is 0 Å². The fraction of sp³-hybridized carbons (Fsp3) is 0.923. The Bertz CT molecular complexity index is 237. The molecule has 1 N–H and O–H groups in total. The molecule has 94 valence electrons. The molecule has 0 saturated heterocycles. The topological polar surface area (TPSA) is 40.5 Å². The molecule has 0 aromatic rings. The van der Waals surface area contributed by atoms with Gasteiger partial charge in [0, 0.05) is 13.1 Å². The lowest BCUT2D eigenvalue weighted by molar-refractivity contribution is -0.149. The van der Waals surface area contributed by atoms with Crippen molar-refractivity contribution in [1.29, 1.82) is 0 Å². The molecule has 1 aliphatic carbocycles. The highest BCUT2D eigenvalue weighted by Crippen LogP contribution is 2.29. The van der Waals surface area contributed by atoms with E-state index in [0.29, 0.717) is 6.04 Å². The van der Waals surface area contributed by atoms with E-state index in [2.05, 4.69) is 6.92 Å². The van der Waals surface area contributed by atoms with Crippen LogP contribution < -0.4 is 0 Å². The van der Waals surface area contributed by atoms with Crippen LogP contribution in [0.15, 0.2) is 0 Å². The van der Waals surface area contributed by atoms with Gasteiger partial charge in [0.1, 0.15) is 5.60 Å². The summed E-state index contributed by atoms with van der Waals surface area (Å²) in [5.41, 5.74) is -1.24. The predicted molar refractivity (Wildman–Crippen MR) is 65.1 cm³/mol. The van der Waals surface area contributed by atoms with E-state index < -0.39 is 5.60 Å². The fourth-order valence-corrected chi connectivity index (χ4v) is 2.54. The van der Waals surface area contributed by atoms with Crippen molar-refractivity contribution in [2.45, 2.75) is 64.5 Å². The van der Waals surface area contributed by atoms with Gasteiger partial charge in [-0.1, -0.05) is 13.3 Å². The quantitative estimate of drug-likeness (QED) is 0.803. The first kappa shape index (κ1) is 13.5. The van der Waals surface area contributed by atoms with Crippen LogP contribution in [0.25, 0.3) is 0 Å². The van der Waals surface area contributed by atoms with Crippen LogP contribution in [-0.4, -0.2) is 34.6 Å². The standard InChI is InChI=1S/C13H25NO2/c1-5-10-6-8-11(9-7-10)14(4)12(15)13(2,3)16/h10-11,16H,5-9H2,1-4H3. The van der Waals surface area contributed by atoms with E-state index in [9.17, 15) is 9.90 Å². The van der Waals surface area contributed by atoms with Gasteiger partial charge in [-0.2, -0.15) is 0 Å². The number of carbonyl (C=O) groups is 1. The summed E-state index contributed by atoms with van der Waals surface area (Å²) >= 11 is 0. The lowest BCUT2D eigenvalue weighted by atomic mass is 9.84. The lowest BCUT2D eigenvalue weighted by Crippen LogP contribution is -2.48. The van der Waals surface area contributed by atoms with E-state index in [1.165, 1.54) is 19.3 Å². The van der Waals surface area contributed by atoms with Crippen LogP contribution >= 0.6 is 0 Å². The molecule has 0 aliphatic heterocycles. The first-order valence-corrected chi connectivity index (χ1v) is 6.36. The van der Waals surface area contributed by atoms with E-state index in [-0.39, 0.29) is 5.91 Å². The highest BCUT2D eigenvalue weighted by molar-refractivity contribution is 5.84. The van der Waals surface area contributed by atoms with Gasteiger partial charge in [-0.15, -0.1) is 0 Å². The van der Waals surface area contributed by atoms with Gasteiger partial charge in [0.15, 0.2) is 0 Å². The summed E-state index contributed by atoms with van der Waals surface area (Å²) in [5.74, 6) is 0.675. The van der Waals surface area contributed by atoms with Crippen LogP contribution in [0.5, 0.6) is 0 Å². The summed E-state index contributed by atoms with van der Waals surface area (Å²) in [6.07, 6.45) is 5.83. The molecule has 0 atom stereocenters. The number of amides is 1. The van der Waals surface area contributed by atoms with Crippen LogP contribution in [0.4, 0.5) is 0 Å². The first-order chi connectivity index (χ1) is 7.36. The summed E-state index contributed by atoms with van der Waals surface area (Å²) in [7, 11) is 1.82. The second kappa shape index (κ2) is 5.17. The Morgan fingerprint density at radius 1 is 1.31 bits per heavy atom. The van der Waals surface area contributed by atoms with Gasteiger partial charge in [-0.3, -0.25) is 4.79 Å². The SMILES string of the molecule is CCC1CCC(N(C)C(=O)C(C)(C)O)CC1. The summed E-state index contributed by atoms with van der Waals surface area (Å²) < 4.78 is 0. The van der Waals surface area contributed by atoms with Gasteiger partial charge < -0.3 is 10.0 Å². The molecule has 1 fully saturated rings. The van der Waals surface area contributed by atoms with Crippen LogP contribution in [0.2, 0.25) is 0 Å². The van der Waals surface area contributed by atoms with Gasteiger partial charge in [0.25, 0.3) is 5.91 Å². The van der Waals surface area contributed by atoms with E-state index in [4.69, 9.17) is 0 Å². The number of hydrogen-bond acceptors (Lipinski definition) is 2. The van der Waals surface area contributed by atoms with Gasteiger partial charge in [0.05, 0.1) is 0 Å². The molecule has 1 amide bonds.